The topological polar surface area (TPSA) is 47.7 Å². The Morgan fingerprint density at radius 2 is 1.95 bits per heavy atom. The highest BCUT2D eigenvalue weighted by Crippen LogP contribution is 2.24. The minimum Gasteiger partial charge on any atom is -0.496 e. The molecule has 0 aromatic heterocycles. The standard InChI is InChI=1S/C16H28N2O2/c1-5-13(2)18(10-11-19-3)12-15(17)14-8-6-7-9-16(14)20-4/h6-9,13,15H,5,10-12,17H2,1-4H3. The van der Waals surface area contributed by atoms with Crippen molar-refractivity contribution >= 4 is 0 Å². The van der Waals surface area contributed by atoms with Crippen molar-refractivity contribution in [3.63, 3.8) is 0 Å². The fourth-order valence-corrected chi connectivity index (χ4v) is 2.28. The van der Waals surface area contributed by atoms with Gasteiger partial charge in [0, 0.05) is 37.8 Å². The molecule has 0 bridgehead atoms. The molecule has 114 valence electrons. The number of ether oxygens (including phenoxy) is 2. The van der Waals surface area contributed by atoms with Crippen LogP contribution in [0.5, 0.6) is 5.75 Å². The molecule has 2 unspecified atom stereocenters. The van der Waals surface area contributed by atoms with Crippen molar-refractivity contribution < 1.29 is 9.47 Å². The summed E-state index contributed by atoms with van der Waals surface area (Å²) in [6.45, 7) is 6.85. The molecule has 0 saturated heterocycles. The molecule has 2 N–H and O–H groups in total. The molecule has 0 saturated carbocycles. The molecular weight excluding hydrogens is 252 g/mol. The number of hydrogen-bond donors (Lipinski definition) is 1. The summed E-state index contributed by atoms with van der Waals surface area (Å²) in [6.07, 6.45) is 1.10. The van der Waals surface area contributed by atoms with Crippen LogP contribution in [0.1, 0.15) is 31.9 Å². The lowest BCUT2D eigenvalue weighted by Crippen LogP contribution is -2.40. The van der Waals surface area contributed by atoms with Crippen LogP contribution in [0.4, 0.5) is 0 Å². The van der Waals surface area contributed by atoms with E-state index in [1.165, 1.54) is 0 Å². The van der Waals surface area contributed by atoms with Crippen molar-refractivity contribution in [1.29, 1.82) is 0 Å². The molecule has 0 aliphatic heterocycles. The molecular formula is C16H28N2O2. The Morgan fingerprint density at radius 1 is 1.25 bits per heavy atom. The van der Waals surface area contributed by atoms with E-state index < -0.39 is 0 Å². The van der Waals surface area contributed by atoms with Gasteiger partial charge in [-0.3, -0.25) is 4.90 Å². The van der Waals surface area contributed by atoms with Crippen LogP contribution in [-0.2, 0) is 4.74 Å². The van der Waals surface area contributed by atoms with Crippen molar-refractivity contribution in [2.75, 3.05) is 33.9 Å². The predicted molar refractivity (Wildman–Crippen MR) is 83.1 cm³/mol. The third kappa shape index (κ3) is 4.78. The number of methoxy groups -OCH3 is 2. The van der Waals surface area contributed by atoms with Gasteiger partial charge in [-0.15, -0.1) is 0 Å². The summed E-state index contributed by atoms with van der Waals surface area (Å²) in [6, 6.07) is 8.39. The van der Waals surface area contributed by atoms with Crippen molar-refractivity contribution in [2.24, 2.45) is 5.73 Å². The van der Waals surface area contributed by atoms with E-state index in [-0.39, 0.29) is 6.04 Å². The highest BCUT2D eigenvalue weighted by atomic mass is 16.5. The van der Waals surface area contributed by atoms with E-state index in [1.54, 1.807) is 14.2 Å². The second kappa shape index (κ2) is 8.95. The summed E-state index contributed by atoms with van der Waals surface area (Å²) < 4.78 is 10.6. The summed E-state index contributed by atoms with van der Waals surface area (Å²) in [5, 5.41) is 0. The van der Waals surface area contributed by atoms with Gasteiger partial charge in [-0.2, -0.15) is 0 Å². The maximum Gasteiger partial charge on any atom is 0.123 e. The van der Waals surface area contributed by atoms with Crippen molar-refractivity contribution in [1.82, 2.24) is 4.90 Å². The summed E-state index contributed by atoms with van der Waals surface area (Å²) in [4.78, 5) is 2.38. The van der Waals surface area contributed by atoms with Crippen LogP contribution in [0.2, 0.25) is 0 Å². The quantitative estimate of drug-likeness (QED) is 0.755. The van der Waals surface area contributed by atoms with Gasteiger partial charge in [-0.05, 0) is 19.4 Å². The number of nitrogens with two attached hydrogens (primary N) is 1. The molecule has 0 amide bonds. The molecule has 0 spiro atoms. The second-order valence-electron chi connectivity index (χ2n) is 5.09. The van der Waals surface area contributed by atoms with E-state index in [0.717, 1.165) is 37.4 Å². The van der Waals surface area contributed by atoms with Gasteiger partial charge < -0.3 is 15.2 Å². The van der Waals surface area contributed by atoms with E-state index in [0.29, 0.717) is 6.04 Å². The molecule has 2 atom stereocenters. The van der Waals surface area contributed by atoms with Crippen LogP contribution in [0.3, 0.4) is 0 Å². The van der Waals surface area contributed by atoms with Crippen LogP contribution in [-0.4, -0.2) is 44.9 Å². The third-order valence-electron chi connectivity index (χ3n) is 3.77. The SMILES string of the molecule is CCC(C)N(CCOC)CC(N)c1ccccc1OC. The van der Waals surface area contributed by atoms with Gasteiger partial charge in [0.15, 0.2) is 0 Å². The first-order valence-corrected chi connectivity index (χ1v) is 7.25. The largest absolute Gasteiger partial charge is 0.496 e. The van der Waals surface area contributed by atoms with Crippen LogP contribution in [0.25, 0.3) is 0 Å². The van der Waals surface area contributed by atoms with Crippen LogP contribution in [0, 0.1) is 0 Å². The molecule has 1 aromatic rings. The summed E-state index contributed by atoms with van der Waals surface area (Å²) in [5.41, 5.74) is 7.43. The van der Waals surface area contributed by atoms with E-state index in [1.807, 2.05) is 24.3 Å². The minimum atomic E-state index is -0.0583. The maximum atomic E-state index is 6.37. The second-order valence-corrected chi connectivity index (χ2v) is 5.09. The summed E-state index contributed by atoms with van der Waals surface area (Å²) in [5.74, 6) is 0.857. The smallest absolute Gasteiger partial charge is 0.123 e. The van der Waals surface area contributed by atoms with Crippen molar-refractivity contribution in [2.45, 2.75) is 32.4 Å². The van der Waals surface area contributed by atoms with E-state index in [9.17, 15) is 0 Å². The first-order valence-electron chi connectivity index (χ1n) is 7.25. The Balaban J connectivity index is 2.76. The monoisotopic (exact) mass is 280 g/mol. The average Bonchev–Trinajstić information content (AvgIpc) is 2.50. The van der Waals surface area contributed by atoms with Crippen LogP contribution in [0.15, 0.2) is 24.3 Å². The zero-order valence-corrected chi connectivity index (χ0v) is 13.1. The predicted octanol–water partition coefficient (Wildman–Crippen LogP) is 2.44. The van der Waals surface area contributed by atoms with E-state index >= 15 is 0 Å². The molecule has 1 aromatic carbocycles. The molecule has 4 nitrogen and oxygen atoms in total. The Morgan fingerprint density at radius 3 is 2.55 bits per heavy atom. The first-order chi connectivity index (χ1) is 9.63. The lowest BCUT2D eigenvalue weighted by Gasteiger charge is -2.31. The van der Waals surface area contributed by atoms with Crippen molar-refractivity contribution in [3.8, 4) is 5.75 Å². The molecule has 20 heavy (non-hydrogen) atoms. The van der Waals surface area contributed by atoms with Crippen LogP contribution >= 0.6 is 0 Å². The Labute approximate surface area is 122 Å². The zero-order valence-electron chi connectivity index (χ0n) is 13.1. The zero-order chi connectivity index (χ0) is 15.0. The number of rotatable bonds is 9. The summed E-state index contributed by atoms with van der Waals surface area (Å²) in [7, 11) is 3.41. The Kier molecular flexibility index (Phi) is 7.59. The molecule has 0 aliphatic carbocycles. The third-order valence-corrected chi connectivity index (χ3v) is 3.77. The van der Waals surface area contributed by atoms with E-state index in [4.69, 9.17) is 15.2 Å². The van der Waals surface area contributed by atoms with Gasteiger partial charge in [0.2, 0.25) is 0 Å². The number of benzene rings is 1. The fraction of sp³-hybridized carbons (Fsp3) is 0.625. The molecule has 1 rings (SSSR count). The summed E-state index contributed by atoms with van der Waals surface area (Å²) >= 11 is 0. The van der Waals surface area contributed by atoms with Gasteiger partial charge in [-0.25, -0.2) is 0 Å². The molecule has 0 heterocycles. The van der Waals surface area contributed by atoms with E-state index in [2.05, 4.69) is 18.7 Å². The van der Waals surface area contributed by atoms with Crippen LogP contribution < -0.4 is 10.5 Å². The number of para-hydroxylation sites is 1. The maximum absolute atomic E-state index is 6.37. The van der Waals surface area contributed by atoms with Gasteiger partial charge in [-0.1, -0.05) is 25.1 Å². The van der Waals surface area contributed by atoms with Gasteiger partial charge in [0.1, 0.15) is 5.75 Å². The highest BCUT2D eigenvalue weighted by molar-refractivity contribution is 5.35. The van der Waals surface area contributed by atoms with Crippen molar-refractivity contribution in [3.05, 3.63) is 29.8 Å². The van der Waals surface area contributed by atoms with Gasteiger partial charge >= 0.3 is 0 Å². The molecule has 0 fully saturated rings. The van der Waals surface area contributed by atoms with Gasteiger partial charge in [0.05, 0.1) is 13.7 Å². The molecule has 4 heteroatoms. The Bertz CT molecular complexity index is 384. The Hall–Kier alpha value is -1.10. The number of nitrogens with zero attached hydrogens (tertiary/aromatic N) is 1. The molecule has 0 aliphatic rings. The lowest BCUT2D eigenvalue weighted by molar-refractivity contribution is 0.118. The van der Waals surface area contributed by atoms with Gasteiger partial charge in [0.25, 0.3) is 0 Å². The molecule has 0 radical (unpaired) electrons. The lowest BCUT2D eigenvalue weighted by atomic mass is 10.0. The minimum absolute atomic E-state index is 0.0583. The average molecular weight is 280 g/mol. The number of hydrogen-bond acceptors (Lipinski definition) is 4. The normalized spacial score (nSPS) is 14.3. The first kappa shape index (κ1) is 17.0. The fourth-order valence-electron chi connectivity index (χ4n) is 2.28. The highest BCUT2D eigenvalue weighted by Gasteiger charge is 2.18.